The van der Waals surface area contributed by atoms with Crippen molar-refractivity contribution in [3.8, 4) is 0 Å². The van der Waals surface area contributed by atoms with Gasteiger partial charge in [0.15, 0.2) is 0 Å². The van der Waals surface area contributed by atoms with Crippen molar-refractivity contribution in [1.82, 2.24) is 0 Å². The summed E-state index contributed by atoms with van der Waals surface area (Å²) in [5, 5.41) is 0. The van der Waals surface area contributed by atoms with E-state index >= 15 is 0 Å². The molecule has 0 rings (SSSR count). The van der Waals surface area contributed by atoms with Crippen LogP contribution in [0.2, 0.25) is 0 Å². The molecule has 0 fully saturated rings. The zero-order valence-electron chi connectivity index (χ0n) is 4.00. The first-order valence-corrected chi connectivity index (χ1v) is 0. The van der Waals surface area contributed by atoms with E-state index in [9.17, 15) is 0 Å². The Hall–Kier alpha value is 2.00. The summed E-state index contributed by atoms with van der Waals surface area (Å²) in [6.45, 7) is 0. The average Bonchev–Trinajstić information content (AvgIpc) is 0. The van der Waals surface area contributed by atoms with Gasteiger partial charge in [0.2, 0.25) is 0 Å². The van der Waals surface area contributed by atoms with Crippen molar-refractivity contribution in [2.45, 2.75) is 7.43 Å². The first kappa shape index (κ1) is 63.0. The SMILES string of the molecule is C.[CH3-].[CH3-].[Na+].[Na+]. The van der Waals surface area contributed by atoms with E-state index in [4.69, 9.17) is 0 Å². The monoisotopic (exact) mass is 92.1 g/mol. The molecule has 0 amide bonds. The van der Waals surface area contributed by atoms with Gasteiger partial charge in [0.1, 0.15) is 0 Å². The van der Waals surface area contributed by atoms with Crippen molar-refractivity contribution >= 4 is 0 Å². The molecule has 24 valence electrons. The molecular weight excluding hydrogens is 82.0 g/mol. The molecule has 0 aliphatic rings. The Morgan fingerprint density at radius 1 is 0.600 bits per heavy atom. The van der Waals surface area contributed by atoms with Crippen LogP contribution in [0.25, 0.3) is 0 Å². The summed E-state index contributed by atoms with van der Waals surface area (Å²) in [5.41, 5.74) is 0. The first-order valence-electron chi connectivity index (χ1n) is 0. The maximum absolute atomic E-state index is 0. The molecule has 0 saturated carbocycles. The maximum Gasteiger partial charge on any atom is 1.00 e. The summed E-state index contributed by atoms with van der Waals surface area (Å²) in [6.07, 6.45) is 0. The molecule has 0 aliphatic carbocycles. The van der Waals surface area contributed by atoms with Crippen LogP contribution in [0.5, 0.6) is 0 Å². The van der Waals surface area contributed by atoms with E-state index in [1.165, 1.54) is 0 Å². The standard InChI is InChI=1S/CH4.2CH3.2Na/h1H4;2*1H3;;/q;2*-1;2*+1. The Kier molecular flexibility index (Phi) is 472. The van der Waals surface area contributed by atoms with Crippen LogP contribution in [0, 0.1) is 14.9 Å². The molecule has 0 bridgehead atoms. The molecule has 0 unspecified atom stereocenters. The Morgan fingerprint density at radius 3 is 0.600 bits per heavy atom. The fraction of sp³-hybridized carbons (Fsp3) is 0.333. The smallest absolute Gasteiger partial charge is 0.358 e. The average molecular weight is 92.1 g/mol. The summed E-state index contributed by atoms with van der Waals surface area (Å²) in [6, 6.07) is 0. The van der Waals surface area contributed by atoms with Crippen LogP contribution < -0.4 is 59.1 Å². The predicted octanol–water partition coefficient (Wildman–Crippen LogP) is -4.46. The van der Waals surface area contributed by atoms with E-state index in [1.807, 2.05) is 0 Å². The third kappa shape index (κ3) is 24.0. The largest absolute Gasteiger partial charge is 1.00 e. The molecule has 0 nitrogen and oxygen atoms in total. The zero-order chi connectivity index (χ0) is 0. The molecular formula is C3H10Na2. The molecule has 0 aromatic heterocycles. The van der Waals surface area contributed by atoms with Crippen LogP contribution in [0.3, 0.4) is 0 Å². The van der Waals surface area contributed by atoms with E-state index in [0.717, 1.165) is 0 Å². The molecule has 0 atom stereocenters. The maximum atomic E-state index is 0. The minimum absolute atomic E-state index is 0. The Balaban J connectivity index is 0. The van der Waals surface area contributed by atoms with Gasteiger partial charge in [0.25, 0.3) is 0 Å². The normalized spacial score (nSPS) is 0. The molecule has 0 aromatic rings. The van der Waals surface area contributed by atoms with Gasteiger partial charge in [-0.25, -0.2) is 0 Å². The van der Waals surface area contributed by atoms with E-state index < -0.39 is 0 Å². The predicted molar refractivity (Wildman–Crippen MR) is 19.6 cm³/mol. The fourth-order valence-electron chi connectivity index (χ4n) is 0. The van der Waals surface area contributed by atoms with Crippen molar-refractivity contribution in [2.24, 2.45) is 0 Å². The van der Waals surface area contributed by atoms with Crippen LogP contribution >= 0.6 is 0 Å². The summed E-state index contributed by atoms with van der Waals surface area (Å²) in [7, 11) is 0. The van der Waals surface area contributed by atoms with E-state index in [1.54, 1.807) is 0 Å². The van der Waals surface area contributed by atoms with Crippen LogP contribution in [-0.2, 0) is 0 Å². The van der Waals surface area contributed by atoms with Gasteiger partial charge in [-0.3, -0.25) is 0 Å². The third-order valence-electron chi connectivity index (χ3n) is 0. The quantitative estimate of drug-likeness (QED) is 0.209. The Morgan fingerprint density at radius 2 is 0.600 bits per heavy atom. The molecule has 0 N–H and O–H groups in total. The molecule has 0 heterocycles. The summed E-state index contributed by atoms with van der Waals surface area (Å²) in [5.74, 6) is 0. The molecule has 0 radical (unpaired) electrons. The van der Waals surface area contributed by atoms with Gasteiger partial charge < -0.3 is 14.9 Å². The number of hydrogen-bond donors (Lipinski definition) is 0. The Labute approximate surface area is 80.3 Å². The van der Waals surface area contributed by atoms with E-state index in [0.29, 0.717) is 0 Å². The molecule has 0 saturated heterocycles. The van der Waals surface area contributed by atoms with Gasteiger partial charge in [-0.2, -0.15) is 0 Å². The molecule has 2 heteroatoms. The van der Waals surface area contributed by atoms with Crippen molar-refractivity contribution < 1.29 is 59.1 Å². The topological polar surface area (TPSA) is 0 Å². The minimum atomic E-state index is 0. The fourth-order valence-corrected chi connectivity index (χ4v) is 0. The van der Waals surface area contributed by atoms with Crippen LogP contribution in [0.15, 0.2) is 0 Å². The molecule has 0 aliphatic heterocycles. The number of rotatable bonds is 0. The summed E-state index contributed by atoms with van der Waals surface area (Å²) < 4.78 is 0. The third-order valence-corrected chi connectivity index (χ3v) is 0. The van der Waals surface area contributed by atoms with Gasteiger partial charge in [-0.05, 0) is 0 Å². The summed E-state index contributed by atoms with van der Waals surface area (Å²) >= 11 is 0. The van der Waals surface area contributed by atoms with Crippen molar-refractivity contribution in [1.29, 1.82) is 0 Å². The van der Waals surface area contributed by atoms with Crippen molar-refractivity contribution in [3.05, 3.63) is 14.9 Å². The van der Waals surface area contributed by atoms with Gasteiger partial charge in [0, 0.05) is 0 Å². The molecule has 0 spiro atoms. The van der Waals surface area contributed by atoms with E-state index in [-0.39, 0.29) is 81.4 Å². The van der Waals surface area contributed by atoms with Gasteiger partial charge in [-0.1, -0.05) is 7.43 Å². The van der Waals surface area contributed by atoms with Crippen molar-refractivity contribution in [2.75, 3.05) is 0 Å². The van der Waals surface area contributed by atoms with Gasteiger partial charge in [0.05, 0.1) is 0 Å². The van der Waals surface area contributed by atoms with Crippen LogP contribution in [0.1, 0.15) is 7.43 Å². The van der Waals surface area contributed by atoms with E-state index in [2.05, 4.69) is 0 Å². The van der Waals surface area contributed by atoms with Crippen LogP contribution in [0.4, 0.5) is 0 Å². The van der Waals surface area contributed by atoms with Gasteiger partial charge in [-0.15, -0.1) is 0 Å². The number of hydrogen-bond acceptors (Lipinski definition) is 0. The first-order chi connectivity index (χ1) is 0. The van der Waals surface area contributed by atoms with Crippen molar-refractivity contribution in [3.63, 3.8) is 0 Å². The van der Waals surface area contributed by atoms with Crippen LogP contribution in [-0.4, -0.2) is 0 Å². The van der Waals surface area contributed by atoms with Gasteiger partial charge >= 0.3 is 59.1 Å². The second-order valence-corrected chi connectivity index (χ2v) is 0. The second kappa shape index (κ2) is 37.5. The Bertz CT molecular complexity index is 4.85. The zero-order valence-corrected chi connectivity index (χ0v) is 8.00. The molecule has 5 heavy (non-hydrogen) atoms. The minimum Gasteiger partial charge on any atom is -0.358 e. The molecule has 0 aromatic carbocycles. The summed E-state index contributed by atoms with van der Waals surface area (Å²) in [4.78, 5) is 0. The second-order valence-electron chi connectivity index (χ2n) is 0.